The number of phenols is 1. The molecule has 1 aliphatic carbocycles. The van der Waals surface area contributed by atoms with E-state index < -0.39 is 0 Å². The topological polar surface area (TPSA) is 56.0 Å². The fourth-order valence-electron chi connectivity index (χ4n) is 2.68. The maximum atomic E-state index is 9.52. The number of rotatable bonds is 2. The number of nitrogens with one attached hydrogen (secondary N) is 1. The van der Waals surface area contributed by atoms with E-state index in [0.29, 0.717) is 11.3 Å². The van der Waals surface area contributed by atoms with E-state index in [1.165, 1.54) is 11.1 Å². The van der Waals surface area contributed by atoms with E-state index in [1.54, 1.807) is 6.07 Å². The van der Waals surface area contributed by atoms with E-state index >= 15 is 0 Å². The first kappa shape index (κ1) is 13.0. The van der Waals surface area contributed by atoms with Gasteiger partial charge in [0.25, 0.3) is 0 Å². The molecule has 4 heteroatoms. The Morgan fingerprint density at radius 2 is 2.10 bits per heavy atom. The van der Waals surface area contributed by atoms with Crippen molar-refractivity contribution in [2.45, 2.75) is 18.9 Å². The summed E-state index contributed by atoms with van der Waals surface area (Å²) >= 11 is 3.38. The van der Waals surface area contributed by atoms with Crippen LogP contribution in [0.15, 0.2) is 40.9 Å². The van der Waals surface area contributed by atoms with Gasteiger partial charge in [0.1, 0.15) is 11.8 Å². The van der Waals surface area contributed by atoms with Crippen LogP contribution in [-0.4, -0.2) is 5.11 Å². The van der Waals surface area contributed by atoms with Gasteiger partial charge in [-0.15, -0.1) is 0 Å². The SMILES string of the molecule is N#Cc1cc(Br)ccc1NC1CCc2cc(O)ccc21. The van der Waals surface area contributed by atoms with Gasteiger partial charge in [-0.05, 0) is 54.3 Å². The minimum absolute atomic E-state index is 0.193. The van der Waals surface area contributed by atoms with E-state index in [9.17, 15) is 10.4 Å². The van der Waals surface area contributed by atoms with Crippen molar-refractivity contribution in [3.8, 4) is 11.8 Å². The average molecular weight is 329 g/mol. The van der Waals surface area contributed by atoms with Gasteiger partial charge in [-0.25, -0.2) is 0 Å². The summed E-state index contributed by atoms with van der Waals surface area (Å²) in [7, 11) is 0. The third-order valence-corrected chi connectivity index (χ3v) is 4.13. The van der Waals surface area contributed by atoms with Gasteiger partial charge in [0.2, 0.25) is 0 Å². The maximum absolute atomic E-state index is 9.52. The zero-order valence-electron chi connectivity index (χ0n) is 10.7. The molecular formula is C16H13BrN2O. The second kappa shape index (κ2) is 5.18. The molecule has 0 radical (unpaired) electrons. The van der Waals surface area contributed by atoms with E-state index in [-0.39, 0.29) is 6.04 Å². The summed E-state index contributed by atoms with van der Waals surface area (Å²) in [4.78, 5) is 0. The lowest BCUT2D eigenvalue weighted by atomic mass is 10.1. The highest BCUT2D eigenvalue weighted by Gasteiger charge is 2.23. The van der Waals surface area contributed by atoms with Gasteiger partial charge in [-0.1, -0.05) is 22.0 Å². The lowest BCUT2D eigenvalue weighted by Gasteiger charge is -2.16. The summed E-state index contributed by atoms with van der Waals surface area (Å²) in [6.07, 6.45) is 1.92. The highest BCUT2D eigenvalue weighted by Crippen LogP contribution is 2.36. The lowest BCUT2D eigenvalue weighted by molar-refractivity contribution is 0.474. The first-order valence-corrected chi connectivity index (χ1v) is 7.24. The van der Waals surface area contributed by atoms with Crippen molar-refractivity contribution < 1.29 is 5.11 Å². The first-order valence-electron chi connectivity index (χ1n) is 6.45. The summed E-state index contributed by atoms with van der Waals surface area (Å²) in [5.41, 5.74) is 3.86. The number of phenolic OH excluding ortho intramolecular Hbond substituents is 1. The van der Waals surface area contributed by atoms with Crippen LogP contribution in [-0.2, 0) is 6.42 Å². The van der Waals surface area contributed by atoms with Crippen LogP contribution in [0.3, 0.4) is 0 Å². The van der Waals surface area contributed by atoms with Crippen molar-refractivity contribution in [1.82, 2.24) is 0 Å². The Morgan fingerprint density at radius 3 is 2.90 bits per heavy atom. The highest BCUT2D eigenvalue weighted by atomic mass is 79.9. The van der Waals surface area contributed by atoms with Crippen molar-refractivity contribution >= 4 is 21.6 Å². The molecule has 0 heterocycles. The number of nitriles is 1. The van der Waals surface area contributed by atoms with Crippen molar-refractivity contribution in [3.05, 3.63) is 57.6 Å². The molecule has 3 rings (SSSR count). The molecule has 2 aromatic rings. The maximum Gasteiger partial charge on any atom is 0.115 e. The molecule has 100 valence electrons. The predicted octanol–water partition coefficient (Wildman–Crippen LogP) is 4.13. The third kappa shape index (κ3) is 2.37. The average Bonchev–Trinajstić information content (AvgIpc) is 2.83. The van der Waals surface area contributed by atoms with Crippen molar-refractivity contribution in [2.75, 3.05) is 5.32 Å². The van der Waals surface area contributed by atoms with Crippen LogP contribution in [0.4, 0.5) is 5.69 Å². The van der Waals surface area contributed by atoms with E-state index in [4.69, 9.17) is 0 Å². The third-order valence-electron chi connectivity index (χ3n) is 3.64. The molecule has 0 aromatic heterocycles. The monoisotopic (exact) mass is 328 g/mol. The Morgan fingerprint density at radius 1 is 1.25 bits per heavy atom. The molecule has 0 aliphatic heterocycles. The van der Waals surface area contributed by atoms with E-state index in [1.807, 2.05) is 30.3 Å². The molecule has 2 N–H and O–H groups in total. The first-order chi connectivity index (χ1) is 9.67. The Hall–Kier alpha value is -1.99. The second-order valence-electron chi connectivity index (χ2n) is 4.92. The number of aryl methyl sites for hydroxylation is 1. The van der Waals surface area contributed by atoms with Gasteiger partial charge in [0, 0.05) is 4.47 Å². The highest BCUT2D eigenvalue weighted by molar-refractivity contribution is 9.10. The van der Waals surface area contributed by atoms with Crippen LogP contribution in [0.5, 0.6) is 5.75 Å². The van der Waals surface area contributed by atoms with Gasteiger partial charge in [0.05, 0.1) is 17.3 Å². The lowest BCUT2D eigenvalue weighted by Crippen LogP contribution is -2.08. The van der Waals surface area contributed by atoms with Gasteiger partial charge in [-0.2, -0.15) is 5.26 Å². The Kier molecular flexibility index (Phi) is 3.37. The van der Waals surface area contributed by atoms with E-state index in [0.717, 1.165) is 23.0 Å². The van der Waals surface area contributed by atoms with Crippen molar-refractivity contribution in [1.29, 1.82) is 5.26 Å². The molecule has 3 nitrogen and oxygen atoms in total. The number of anilines is 1. The second-order valence-corrected chi connectivity index (χ2v) is 5.84. The minimum atomic E-state index is 0.193. The van der Waals surface area contributed by atoms with Crippen molar-refractivity contribution in [2.24, 2.45) is 0 Å². The number of hydrogen-bond acceptors (Lipinski definition) is 3. The van der Waals surface area contributed by atoms with E-state index in [2.05, 4.69) is 27.3 Å². The fourth-order valence-corrected chi connectivity index (χ4v) is 3.04. The molecule has 0 amide bonds. The van der Waals surface area contributed by atoms with Crippen LogP contribution in [0.1, 0.15) is 29.2 Å². The molecule has 20 heavy (non-hydrogen) atoms. The van der Waals surface area contributed by atoms with Crippen molar-refractivity contribution in [3.63, 3.8) is 0 Å². The summed E-state index contributed by atoms with van der Waals surface area (Å²) < 4.78 is 0.899. The fraction of sp³-hybridized carbons (Fsp3) is 0.188. The zero-order chi connectivity index (χ0) is 14.1. The normalized spacial score (nSPS) is 16.5. The molecule has 0 spiro atoms. The standard InChI is InChI=1S/C16H13BrN2O/c17-12-2-6-15(11(7-12)9-18)19-16-5-1-10-8-13(20)3-4-14(10)16/h2-4,6-8,16,19-20H,1,5H2. The number of fused-ring (bicyclic) bond motifs is 1. The number of aromatic hydroxyl groups is 1. The van der Waals surface area contributed by atoms with Crippen LogP contribution >= 0.6 is 15.9 Å². The summed E-state index contributed by atoms with van der Waals surface area (Å²) in [5.74, 6) is 0.311. The zero-order valence-corrected chi connectivity index (χ0v) is 12.3. The summed E-state index contributed by atoms with van der Waals surface area (Å²) in [6, 6.07) is 13.6. The molecule has 2 aromatic carbocycles. The molecule has 0 fully saturated rings. The quantitative estimate of drug-likeness (QED) is 0.871. The largest absolute Gasteiger partial charge is 0.508 e. The number of benzene rings is 2. The molecule has 1 unspecified atom stereocenters. The minimum Gasteiger partial charge on any atom is -0.508 e. The number of hydrogen-bond donors (Lipinski definition) is 2. The molecule has 1 aliphatic rings. The molecule has 0 saturated carbocycles. The van der Waals surface area contributed by atoms with Gasteiger partial charge >= 0.3 is 0 Å². The van der Waals surface area contributed by atoms with Gasteiger partial charge in [-0.3, -0.25) is 0 Å². The molecule has 0 bridgehead atoms. The Balaban J connectivity index is 1.90. The van der Waals surface area contributed by atoms with Crippen LogP contribution in [0, 0.1) is 11.3 Å². The smallest absolute Gasteiger partial charge is 0.115 e. The Labute approximate surface area is 126 Å². The summed E-state index contributed by atoms with van der Waals surface area (Å²) in [5, 5.41) is 22.2. The van der Waals surface area contributed by atoms with Gasteiger partial charge < -0.3 is 10.4 Å². The summed E-state index contributed by atoms with van der Waals surface area (Å²) in [6.45, 7) is 0. The molecule has 1 atom stereocenters. The van der Waals surface area contributed by atoms with Crippen LogP contribution < -0.4 is 5.32 Å². The Bertz CT molecular complexity index is 706. The molecule has 0 saturated heterocycles. The molecular weight excluding hydrogens is 316 g/mol. The number of nitrogens with zero attached hydrogens (tertiary/aromatic N) is 1. The van der Waals surface area contributed by atoms with Crippen LogP contribution in [0.25, 0.3) is 0 Å². The predicted molar refractivity (Wildman–Crippen MR) is 81.6 cm³/mol. The van der Waals surface area contributed by atoms with Gasteiger partial charge in [0.15, 0.2) is 0 Å². The van der Waals surface area contributed by atoms with Crippen LogP contribution in [0.2, 0.25) is 0 Å². The number of halogens is 1.